The van der Waals surface area contributed by atoms with Crippen LogP contribution in [0.25, 0.3) is 11.4 Å². The molecule has 0 spiro atoms. The molecule has 0 amide bonds. The zero-order chi connectivity index (χ0) is 14.9. The molecule has 0 atom stereocenters. The van der Waals surface area contributed by atoms with E-state index in [0.29, 0.717) is 33.2 Å². The minimum absolute atomic E-state index is 0.404. The van der Waals surface area contributed by atoms with Crippen molar-refractivity contribution in [3.8, 4) is 11.4 Å². The standard InChI is InChI=1S/C14H14BrCl2N3/c1-7(2)6-10-11(15)13(18)20-14(19-10)8-4-3-5-9(16)12(8)17/h3-5,7H,6H2,1-2H3,(H2,18,19,20). The van der Waals surface area contributed by atoms with Gasteiger partial charge >= 0.3 is 0 Å². The maximum absolute atomic E-state index is 6.21. The highest BCUT2D eigenvalue weighted by Crippen LogP contribution is 2.34. The van der Waals surface area contributed by atoms with Gasteiger partial charge in [-0.2, -0.15) is 0 Å². The van der Waals surface area contributed by atoms with E-state index in [0.717, 1.165) is 16.6 Å². The molecule has 0 bridgehead atoms. The number of nitrogen functional groups attached to an aromatic ring is 1. The van der Waals surface area contributed by atoms with Crippen molar-refractivity contribution in [1.82, 2.24) is 9.97 Å². The SMILES string of the molecule is CC(C)Cc1nc(-c2cccc(Cl)c2Cl)nc(N)c1Br. The second-order valence-electron chi connectivity index (χ2n) is 4.89. The molecule has 20 heavy (non-hydrogen) atoms. The van der Waals surface area contributed by atoms with Crippen LogP contribution in [0.5, 0.6) is 0 Å². The summed E-state index contributed by atoms with van der Waals surface area (Å²) in [6.45, 7) is 4.24. The van der Waals surface area contributed by atoms with Crippen LogP contribution in [0.15, 0.2) is 22.7 Å². The van der Waals surface area contributed by atoms with Gasteiger partial charge in [0, 0.05) is 5.56 Å². The van der Waals surface area contributed by atoms with Crippen molar-refractivity contribution < 1.29 is 0 Å². The Labute approximate surface area is 136 Å². The maximum Gasteiger partial charge on any atom is 0.163 e. The summed E-state index contributed by atoms with van der Waals surface area (Å²) in [6.07, 6.45) is 0.804. The minimum atomic E-state index is 0.404. The largest absolute Gasteiger partial charge is 0.383 e. The molecule has 0 aliphatic carbocycles. The van der Waals surface area contributed by atoms with Gasteiger partial charge in [0.15, 0.2) is 5.82 Å². The molecule has 2 N–H and O–H groups in total. The van der Waals surface area contributed by atoms with Gasteiger partial charge in [-0.1, -0.05) is 43.1 Å². The van der Waals surface area contributed by atoms with Crippen LogP contribution in [0, 0.1) is 5.92 Å². The number of hydrogen-bond acceptors (Lipinski definition) is 3. The summed E-state index contributed by atoms with van der Waals surface area (Å²) < 4.78 is 0.744. The number of rotatable bonds is 3. The molecule has 0 saturated heterocycles. The molecule has 1 aromatic heterocycles. The number of benzene rings is 1. The quantitative estimate of drug-likeness (QED) is 0.822. The van der Waals surface area contributed by atoms with Gasteiger partial charge in [-0.15, -0.1) is 0 Å². The number of anilines is 1. The van der Waals surface area contributed by atoms with Gasteiger partial charge in [0.2, 0.25) is 0 Å². The lowest BCUT2D eigenvalue weighted by atomic mass is 10.1. The zero-order valence-electron chi connectivity index (χ0n) is 11.1. The molecule has 0 radical (unpaired) electrons. The first kappa shape index (κ1) is 15.5. The van der Waals surface area contributed by atoms with Crippen LogP contribution in [0.2, 0.25) is 10.0 Å². The molecule has 3 nitrogen and oxygen atoms in total. The zero-order valence-corrected chi connectivity index (χ0v) is 14.2. The Bertz CT molecular complexity index is 645. The van der Waals surface area contributed by atoms with Crippen molar-refractivity contribution in [2.24, 2.45) is 5.92 Å². The predicted molar refractivity (Wildman–Crippen MR) is 88.1 cm³/mol. The number of aromatic nitrogens is 2. The van der Waals surface area contributed by atoms with Crippen molar-refractivity contribution >= 4 is 44.9 Å². The minimum Gasteiger partial charge on any atom is -0.383 e. The van der Waals surface area contributed by atoms with Gasteiger partial charge in [0.05, 0.1) is 20.2 Å². The van der Waals surface area contributed by atoms with Crippen LogP contribution >= 0.6 is 39.1 Å². The monoisotopic (exact) mass is 373 g/mol. The molecule has 0 saturated carbocycles. The van der Waals surface area contributed by atoms with Crippen molar-refractivity contribution in [2.75, 3.05) is 5.73 Å². The van der Waals surface area contributed by atoms with Gasteiger partial charge < -0.3 is 5.73 Å². The summed E-state index contributed by atoms with van der Waals surface area (Å²) in [4.78, 5) is 8.85. The summed E-state index contributed by atoms with van der Waals surface area (Å²) in [5.41, 5.74) is 7.51. The number of halogens is 3. The molecule has 0 aliphatic heterocycles. The Kier molecular flexibility index (Phi) is 4.89. The molecular formula is C14H14BrCl2N3. The van der Waals surface area contributed by atoms with Crippen LogP contribution in [0.4, 0.5) is 5.82 Å². The van der Waals surface area contributed by atoms with Crippen molar-refractivity contribution in [3.05, 3.63) is 38.4 Å². The van der Waals surface area contributed by atoms with E-state index in [1.54, 1.807) is 6.07 Å². The van der Waals surface area contributed by atoms with E-state index in [4.69, 9.17) is 28.9 Å². The second-order valence-corrected chi connectivity index (χ2v) is 6.47. The molecule has 106 valence electrons. The van der Waals surface area contributed by atoms with Crippen LogP contribution in [-0.4, -0.2) is 9.97 Å². The van der Waals surface area contributed by atoms with Crippen LogP contribution < -0.4 is 5.73 Å². The van der Waals surface area contributed by atoms with Gasteiger partial charge in [0.1, 0.15) is 5.82 Å². The maximum atomic E-state index is 6.21. The Hall–Kier alpha value is -0.840. The molecule has 1 heterocycles. The molecular weight excluding hydrogens is 361 g/mol. The van der Waals surface area contributed by atoms with E-state index in [2.05, 4.69) is 39.7 Å². The molecule has 6 heteroatoms. The third-order valence-corrected chi connectivity index (χ3v) is 4.42. The first-order valence-electron chi connectivity index (χ1n) is 6.16. The summed E-state index contributed by atoms with van der Waals surface area (Å²) in [5.74, 6) is 1.36. The third-order valence-electron chi connectivity index (χ3n) is 2.74. The average Bonchev–Trinajstić information content (AvgIpc) is 2.37. The third kappa shape index (κ3) is 3.25. The fraction of sp³-hybridized carbons (Fsp3) is 0.286. The van der Waals surface area contributed by atoms with E-state index in [1.165, 1.54) is 0 Å². The van der Waals surface area contributed by atoms with Crippen LogP contribution in [-0.2, 0) is 6.42 Å². The molecule has 0 unspecified atom stereocenters. The second kappa shape index (κ2) is 6.29. The first-order chi connectivity index (χ1) is 9.40. The van der Waals surface area contributed by atoms with E-state index < -0.39 is 0 Å². The smallest absolute Gasteiger partial charge is 0.163 e. The Morgan fingerprint density at radius 3 is 2.60 bits per heavy atom. The number of nitrogens with two attached hydrogens (primary N) is 1. The Balaban J connectivity index is 2.57. The Morgan fingerprint density at radius 1 is 1.25 bits per heavy atom. The summed E-state index contributed by atoms with van der Waals surface area (Å²) in [7, 11) is 0. The molecule has 2 aromatic rings. The van der Waals surface area contributed by atoms with E-state index in [1.807, 2.05) is 12.1 Å². The highest BCUT2D eigenvalue weighted by Gasteiger charge is 2.15. The highest BCUT2D eigenvalue weighted by atomic mass is 79.9. The topological polar surface area (TPSA) is 51.8 Å². The lowest BCUT2D eigenvalue weighted by Crippen LogP contribution is -2.06. The lowest BCUT2D eigenvalue weighted by Gasteiger charge is -2.12. The fourth-order valence-electron chi connectivity index (χ4n) is 1.83. The average molecular weight is 375 g/mol. The molecule has 0 fully saturated rings. The first-order valence-corrected chi connectivity index (χ1v) is 7.71. The van der Waals surface area contributed by atoms with Gasteiger partial charge in [0.25, 0.3) is 0 Å². The van der Waals surface area contributed by atoms with E-state index in [-0.39, 0.29) is 0 Å². The van der Waals surface area contributed by atoms with E-state index >= 15 is 0 Å². The molecule has 0 aliphatic rings. The summed E-state index contributed by atoms with van der Waals surface area (Å²) in [6, 6.07) is 5.37. The van der Waals surface area contributed by atoms with Crippen molar-refractivity contribution in [1.29, 1.82) is 0 Å². The number of hydrogen-bond donors (Lipinski definition) is 1. The summed E-state index contributed by atoms with van der Waals surface area (Å²) >= 11 is 15.7. The van der Waals surface area contributed by atoms with Crippen LogP contribution in [0.3, 0.4) is 0 Å². The van der Waals surface area contributed by atoms with Gasteiger partial charge in [-0.05, 0) is 40.4 Å². The molecule has 2 rings (SSSR count). The number of nitrogens with zero attached hydrogens (tertiary/aromatic N) is 2. The van der Waals surface area contributed by atoms with E-state index in [9.17, 15) is 0 Å². The van der Waals surface area contributed by atoms with Crippen LogP contribution in [0.1, 0.15) is 19.5 Å². The molecule has 1 aromatic carbocycles. The highest BCUT2D eigenvalue weighted by molar-refractivity contribution is 9.10. The fourth-order valence-corrected chi connectivity index (χ4v) is 2.56. The normalized spacial score (nSPS) is 11.1. The predicted octanol–water partition coefficient (Wildman–Crippen LogP) is 4.99. The van der Waals surface area contributed by atoms with Crippen molar-refractivity contribution in [2.45, 2.75) is 20.3 Å². The van der Waals surface area contributed by atoms with Gasteiger partial charge in [-0.3, -0.25) is 0 Å². The van der Waals surface area contributed by atoms with Gasteiger partial charge in [-0.25, -0.2) is 9.97 Å². The summed E-state index contributed by atoms with van der Waals surface area (Å²) in [5, 5.41) is 0.908. The lowest BCUT2D eigenvalue weighted by molar-refractivity contribution is 0.633. The van der Waals surface area contributed by atoms with Crippen molar-refractivity contribution in [3.63, 3.8) is 0 Å². The Morgan fingerprint density at radius 2 is 1.95 bits per heavy atom.